The summed E-state index contributed by atoms with van der Waals surface area (Å²) in [5.41, 5.74) is 0.912. The van der Waals surface area contributed by atoms with Crippen molar-refractivity contribution in [3.8, 4) is 0 Å². The van der Waals surface area contributed by atoms with E-state index in [4.69, 9.17) is 0 Å². The van der Waals surface area contributed by atoms with Crippen molar-refractivity contribution in [3.63, 3.8) is 0 Å². The lowest BCUT2D eigenvalue weighted by Gasteiger charge is -2.09. The lowest BCUT2D eigenvalue weighted by atomic mass is 10.3. The standard InChI is InChI=1S/C11H18N2O/c1-9(2)12-6-8-13-7-4-5-10(3)11(13)14/h4-5,7,9,12H,6,8H2,1-3H3. The zero-order valence-corrected chi connectivity index (χ0v) is 9.08. The third kappa shape index (κ3) is 3.00. The molecular weight excluding hydrogens is 176 g/mol. The van der Waals surface area contributed by atoms with Crippen molar-refractivity contribution < 1.29 is 0 Å². The van der Waals surface area contributed by atoms with Gasteiger partial charge in [-0.05, 0) is 13.0 Å². The SMILES string of the molecule is Cc1cccn(CCNC(C)C)c1=O. The van der Waals surface area contributed by atoms with Crippen LogP contribution < -0.4 is 10.9 Å². The highest BCUT2D eigenvalue weighted by Gasteiger charge is 1.98. The van der Waals surface area contributed by atoms with Gasteiger partial charge in [-0.1, -0.05) is 19.9 Å². The molecule has 0 fully saturated rings. The summed E-state index contributed by atoms with van der Waals surface area (Å²) in [7, 11) is 0. The highest BCUT2D eigenvalue weighted by molar-refractivity contribution is 5.07. The van der Waals surface area contributed by atoms with Crippen molar-refractivity contribution in [1.82, 2.24) is 9.88 Å². The van der Waals surface area contributed by atoms with E-state index < -0.39 is 0 Å². The maximum absolute atomic E-state index is 11.6. The molecule has 0 radical (unpaired) electrons. The van der Waals surface area contributed by atoms with Crippen LogP contribution in [0.4, 0.5) is 0 Å². The van der Waals surface area contributed by atoms with Crippen molar-refractivity contribution in [2.24, 2.45) is 0 Å². The van der Waals surface area contributed by atoms with E-state index >= 15 is 0 Å². The van der Waals surface area contributed by atoms with E-state index in [1.165, 1.54) is 0 Å². The summed E-state index contributed by atoms with van der Waals surface area (Å²) in [4.78, 5) is 11.6. The fraction of sp³-hybridized carbons (Fsp3) is 0.545. The number of aromatic nitrogens is 1. The van der Waals surface area contributed by atoms with Gasteiger partial charge < -0.3 is 9.88 Å². The lowest BCUT2D eigenvalue weighted by Crippen LogP contribution is -2.30. The minimum absolute atomic E-state index is 0.109. The van der Waals surface area contributed by atoms with Gasteiger partial charge in [0.2, 0.25) is 0 Å². The van der Waals surface area contributed by atoms with Crippen LogP contribution in [0.1, 0.15) is 19.4 Å². The summed E-state index contributed by atoms with van der Waals surface area (Å²) >= 11 is 0. The normalized spacial score (nSPS) is 10.9. The second kappa shape index (κ2) is 4.96. The Morgan fingerprint density at radius 3 is 2.86 bits per heavy atom. The Balaban J connectivity index is 2.59. The molecule has 0 atom stereocenters. The lowest BCUT2D eigenvalue weighted by molar-refractivity contribution is 0.533. The van der Waals surface area contributed by atoms with Gasteiger partial charge in [-0.15, -0.1) is 0 Å². The Kier molecular flexibility index (Phi) is 3.89. The number of hydrogen-bond acceptors (Lipinski definition) is 2. The highest BCUT2D eigenvalue weighted by Crippen LogP contribution is 1.88. The first-order valence-electron chi connectivity index (χ1n) is 5.00. The van der Waals surface area contributed by atoms with Gasteiger partial charge in [0.05, 0.1) is 0 Å². The smallest absolute Gasteiger partial charge is 0.253 e. The molecule has 0 spiro atoms. The van der Waals surface area contributed by atoms with E-state index in [9.17, 15) is 4.79 Å². The van der Waals surface area contributed by atoms with E-state index in [2.05, 4.69) is 19.2 Å². The van der Waals surface area contributed by atoms with Gasteiger partial charge in [0.25, 0.3) is 5.56 Å². The van der Waals surface area contributed by atoms with Crippen LogP contribution in [0.15, 0.2) is 23.1 Å². The zero-order valence-electron chi connectivity index (χ0n) is 9.08. The number of nitrogens with one attached hydrogen (secondary N) is 1. The molecule has 1 heterocycles. The Labute approximate surface area is 84.8 Å². The van der Waals surface area contributed by atoms with E-state index in [1.807, 2.05) is 25.3 Å². The molecule has 0 aliphatic rings. The van der Waals surface area contributed by atoms with Crippen LogP contribution in [0.25, 0.3) is 0 Å². The van der Waals surface area contributed by atoms with Gasteiger partial charge in [-0.2, -0.15) is 0 Å². The minimum atomic E-state index is 0.109. The van der Waals surface area contributed by atoms with Crippen LogP contribution in [0.5, 0.6) is 0 Å². The first-order chi connectivity index (χ1) is 6.61. The maximum atomic E-state index is 11.6. The number of rotatable bonds is 4. The van der Waals surface area contributed by atoms with Crippen molar-refractivity contribution in [2.45, 2.75) is 33.4 Å². The van der Waals surface area contributed by atoms with Gasteiger partial charge in [0.15, 0.2) is 0 Å². The van der Waals surface area contributed by atoms with E-state index in [0.717, 1.165) is 18.7 Å². The fourth-order valence-electron chi connectivity index (χ4n) is 1.31. The molecule has 0 saturated carbocycles. The van der Waals surface area contributed by atoms with E-state index in [0.29, 0.717) is 6.04 Å². The largest absolute Gasteiger partial charge is 0.314 e. The summed E-state index contributed by atoms with van der Waals surface area (Å²) in [6, 6.07) is 4.22. The van der Waals surface area contributed by atoms with Gasteiger partial charge in [0.1, 0.15) is 0 Å². The predicted octanol–water partition coefficient (Wildman–Crippen LogP) is 1.15. The highest BCUT2D eigenvalue weighted by atomic mass is 16.1. The second-order valence-electron chi connectivity index (χ2n) is 3.80. The monoisotopic (exact) mass is 194 g/mol. The predicted molar refractivity (Wildman–Crippen MR) is 58.6 cm³/mol. The van der Waals surface area contributed by atoms with Crippen molar-refractivity contribution in [1.29, 1.82) is 0 Å². The molecule has 0 aromatic carbocycles. The minimum Gasteiger partial charge on any atom is -0.314 e. The van der Waals surface area contributed by atoms with Crippen LogP contribution in [0.2, 0.25) is 0 Å². The molecule has 0 amide bonds. The van der Waals surface area contributed by atoms with Crippen molar-refractivity contribution >= 4 is 0 Å². The molecule has 0 aliphatic heterocycles. The van der Waals surface area contributed by atoms with Gasteiger partial charge in [0, 0.05) is 30.9 Å². The Morgan fingerprint density at radius 2 is 2.21 bits per heavy atom. The fourth-order valence-corrected chi connectivity index (χ4v) is 1.31. The molecule has 0 aliphatic carbocycles. The van der Waals surface area contributed by atoms with Crippen LogP contribution in [-0.4, -0.2) is 17.2 Å². The molecule has 14 heavy (non-hydrogen) atoms. The van der Waals surface area contributed by atoms with Crippen LogP contribution in [0, 0.1) is 6.92 Å². The van der Waals surface area contributed by atoms with Gasteiger partial charge in [-0.3, -0.25) is 4.79 Å². The maximum Gasteiger partial charge on any atom is 0.253 e. The van der Waals surface area contributed by atoms with Gasteiger partial charge >= 0.3 is 0 Å². The van der Waals surface area contributed by atoms with Crippen molar-refractivity contribution in [2.75, 3.05) is 6.54 Å². The third-order valence-electron chi connectivity index (χ3n) is 2.12. The molecular formula is C11H18N2O. The Hall–Kier alpha value is -1.09. The molecule has 0 bridgehead atoms. The van der Waals surface area contributed by atoms with Crippen molar-refractivity contribution in [3.05, 3.63) is 34.2 Å². The number of hydrogen-bond donors (Lipinski definition) is 1. The topological polar surface area (TPSA) is 34.0 Å². The second-order valence-corrected chi connectivity index (χ2v) is 3.80. The summed E-state index contributed by atoms with van der Waals surface area (Å²) in [6.45, 7) is 7.60. The molecule has 3 nitrogen and oxygen atoms in total. The summed E-state index contributed by atoms with van der Waals surface area (Å²) in [6.07, 6.45) is 1.83. The summed E-state index contributed by atoms with van der Waals surface area (Å²) < 4.78 is 1.74. The van der Waals surface area contributed by atoms with Crippen LogP contribution in [-0.2, 0) is 6.54 Å². The number of nitrogens with zero attached hydrogens (tertiary/aromatic N) is 1. The molecule has 78 valence electrons. The van der Waals surface area contributed by atoms with Gasteiger partial charge in [-0.25, -0.2) is 0 Å². The molecule has 3 heteroatoms. The molecule has 1 aromatic rings. The Morgan fingerprint density at radius 1 is 1.50 bits per heavy atom. The van der Waals surface area contributed by atoms with E-state index in [1.54, 1.807) is 4.57 Å². The third-order valence-corrected chi connectivity index (χ3v) is 2.12. The first kappa shape index (κ1) is 11.0. The number of pyridine rings is 1. The number of aryl methyl sites for hydroxylation is 1. The summed E-state index contributed by atoms with van der Waals surface area (Å²) in [5.74, 6) is 0. The van der Waals surface area contributed by atoms with E-state index in [-0.39, 0.29) is 5.56 Å². The van der Waals surface area contributed by atoms with Crippen LogP contribution >= 0.6 is 0 Å². The molecule has 1 rings (SSSR count). The quantitative estimate of drug-likeness (QED) is 0.780. The van der Waals surface area contributed by atoms with Crippen LogP contribution in [0.3, 0.4) is 0 Å². The molecule has 0 unspecified atom stereocenters. The summed E-state index contributed by atoms with van der Waals surface area (Å²) in [5, 5.41) is 3.28. The zero-order chi connectivity index (χ0) is 10.6. The molecule has 0 saturated heterocycles. The Bertz CT molecular complexity index is 341. The first-order valence-corrected chi connectivity index (χ1v) is 5.00. The average molecular weight is 194 g/mol. The molecule has 1 N–H and O–H groups in total. The molecule has 1 aromatic heterocycles. The average Bonchev–Trinajstić information content (AvgIpc) is 2.12.